The molecule has 0 amide bonds. The molecule has 1 rings (SSSR count). The number of hydrogen-bond acceptors (Lipinski definition) is 5. The van der Waals surface area contributed by atoms with Gasteiger partial charge in [-0.1, -0.05) is 6.08 Å². The number of nitrogens with one attached hydrogen (secondary N) is 1. The van der Waals surface area contributed by atoms with Crippen molar-refractivity contribution < 1.29 is 14.3 Å². The van der Waals surface area contributed by atoms with Gasteiger partial charge in [-0.05, 0) is 39.2 Å². The van der Waals surface area contributed by atoms with Gasteiger partial charge in [0.15, 0.2) is 0 Å². The Balaban J connectivity index is 2.08. The van der Waals surface area contributed by atoms with Crippen LogP contribution in [0.15, 0.2) is 12.2 Å². The van der Waals surface area contributed by atoms with Crippen LogP contribution in [0, 0.1) is 0 Å². The van der Waals surface area contributed by atoms with E-state index in [-0.39, 0.29) is 18.2 Å². The molecule has 2 unspecified atom stereocenters. The molecule has 0 saturated carbocycles. The Morgan fingerprint density at radius 1 is 1.61 bits per heavy atom. The van der Waals surface area contributed by atoms with Crippen molar-refractivity contribution in [2.75, 3.05) is 19.8 Å². The molecule has 2 atom stereocenters. The van der Waals surface area contributed by atoms with Gasteiger partial charge < -0.3 is 15.2 Å². The van der Waals surface area contributed by atoms with Crippen molar-refractivity contribution in [2.24, 2.45) is 5.73 Å². The lowest BCUT2D eigenvalue weighted by Gasteiger charge is -2.23. The molecule has 1 aliphatic heterocycles. The standard InChI is InChI=1S/C13H24N2O3/c1-2-17-13(16)7-6-11(14)8-9-15-12-5-3-4-10-18-12/h6-7,11-12,15H,2-5,8-10,14H2,1H3/b7-6+. The lowest BCUT2D eigenvalue weighted by Crippen LogP contribution is -2.37. The van der Waals surface area contributed by atoms with Crippen LogP contribution in [0.5, 0.6) is 0 Å². The molecule has 0 aliphatic carbocycles. The average molecular weight is 256 g/mol. The fourth-order valence-electron chi connectivity index (χ4n) is 1.80. The second kappa shape index (κ2) is 9.08. The molecule has 104 valence electrons. The third kappa shape index (κ3) is 6.74. The van der Waals surface area contributed by atoms with E-state index in [2.05, 4.69) is 5.32 Å². The third-order valence-corrected chi connectivity index (χ3v) is 2.80. The first-order valence-corrected chi connectivity index (χ1v) is 6.68. The molecule has 1 heterocycles. The number of nitrogens with two attached hydrogens (primary N) is 1. The lowest BCUT2D eigenvalue weighted by molar-refractivity contribution is -0.137. The van der Waals surface area contributed by atoms with Crippen LogP contribution in [0.4, 0.5) is 0 Å². The zero-order valence-electron chi connectivity index (χ0n) is 11.1. The molecule has 0 spiro atoms. The van der Waals surface area contributed by atoms with Gasteiger partial charge in [-0.15, -0.1) is 0 Å². The highest BCUT2D eigenvalue weighted by molar-refractivity contribution is 5.81. The van der Waals surface area contributed by atoms with E-state index in [4.69, 9.17) is 15.2 Å². The summed E-state index contributed by atoms with van der Waals surface area (Å²) < 4.78 is 10.3. The fourth-order valence-corrected chi connectivity index (χ4v) is 1.80. The summed E-state index contributed by atoms with van der Waals surface area (Å²) in [6, 6.07) is -0.134. The summed E-state index contributed by atoms with van der Waals surface area (Å²) in [6.45, 7) is 3.80. The summed E-state index contributed by atoms with van der Waals surface area (Å²) >= 11 is 0. The number of ether oxygens (including phenoxy) is 2. The van der Waals surface area contributed by atoms with Crippen LogP contribution in [-0.4, -0.2) is 38.0 Å². The summed E-state index contributed by atoms with van der Waals surface area (Å²) in [5.41, 5.74) is 5.86. The highest BCUT2D eigenvalue weighted by Gasteiger charge is 2.12. The fraction of sp³-hybridized carbons (Fsp3) is 0.769. The summed E-state index contributed by atoms with van der Waals surface area (Å²) in [5.74, 6) is -0.337. The molecule has 0 aromatic rings. The van der Waals surface area contributed by atoms with Gasteiger partial charge in [0.1, 0.15) is 6.23 Å². The molecule has 5 nitrogen and oxygen atoms in total. The molecule has 5 heteroatoms. The van der Waals surface area contributed by atoms with E-state index in [1.807, 2.05) is 0 Å². The van der Waals surface area contributed by atoms with E-state index in [0.29, 0.717) is 6.61 Å². The molecule has 0 aromatic heterocycles. The van der Waals surface area contributed by atoms with Gasteiger partial charge >= 0.3 is 5.97 Å². The molecule has 0 bridgehead atoms. The van der Waals surface area contributed by atoms with E-state index in [1.54, 1.807) is 13.0 Å². The smallest absolute Gasteiger partial charge is 0.330 e. The molecular formula is C13H24N2O3. The molecule has 0 radical (unpaired) electrons. The molecule has 0 aromatic carbocycles. The minimum Gasteiger partial charge on any atom is -0.463 e. The lowest BCUT2D eigenvalue weighted by atomic mass is 10.1. The summed E-state index contributed by atoms with van der Waals surface area (Å²) in [6.07, 6.45) is 7.45. The first-order chi connectivity index (χ1) is 8.72. The van der Waals surface area contributed by atoms with Gasteiger partial charge in [-0.3, -0.25) is 5.32 Å². The van der Waals surface area contributed by atoms with Crippen molar-refractivity contribution in [1.82, 2.24) is 5.32 Å². The molecular weight excluding hydrogens is 232 g/mol. The normalized spacial score (nSPS) is 22.0. The van der Waals surface area contributed by atoms with Crippen LogP contribution in [0.2, 0.25) is 0 Å². The van der Waals surface area contributed by atoms with E-state index in [9.17, 15) is 4.79 Å². The Labute approximate surface area is 109 Å². The van der Waals surface area contributed by atoms with Crippen LogP contribution in [0.3, 0.4) is 0 Å². The van der Waals surface area contributed by atoms with Crippen LogP contribution in [0.25, 0.3) is 0 Å². The first-order valence-electron chi connectivity index (χ1n) is 6.68. The van der Waals surface area contributed by atoms with Crippen molar-refractivity contribution in [3.05, 3.63) is 12.2 Å². The Morgan fingerprint density at radius 3 is 3.11 bits per heavy atom. The number of hydrogen-bond donors (Lipinski definition) is 2. The van der Waals surface area contributed by atoms with Gasteiger partial charge in [0.2, 0.25) is 0 Å². The number of esters is 1. The average Bonchev–Trinajstić information content (AvgIpc) is 2.38. The SMILES string of the molecule is CCOC(=O)/C=C/C(N)CCNC1CCCCO1. The largest absolute Gasteiger partial charge is 0.463 e. The van der Waals surface area contributed by atoms with Crippen LogP contribution in [-0.2, 0) is 14.3 Å². The predicted molar refractivity (Wildman–Crippen MR) is 70.0 cm³/mol. The maximum Gasteiger partial charge on any atom is 0.330 e. The minimum atomic E-state index is -0.337. The zero-order valence-corrected chi connectivity index (χ0v) is 11.1. The van der Waals surface area contributed by atoms with Crippen LogP contribution < -0.4 is 11.1 Å². The quantitative estimate of drug-likeness (QED) is 0.524. The van der Waals surface area contributed by atoms with Crippen LogP contribution in [0.1, 0.15) is 32.6 Å². The van der Waals surface area contributed by atoms with E-state index >= 15 is 0 Å². The Bertz CT molecular complexity index is 263. The number of rotatable bonds is 7. The van der Waals surface area contributed by atoms with Crippen molar-refractivity contribution in [3.8, 4) is 0 Å². The second-order valence-electron chi connectivity index (χ2n) is 4.37. The Hall–Kier alpha value is -0.910. The molecule has 1 aliphatic rings. The molecule has 3 N–H and O–H groups in total. The third-order valence-electron chi connectivity index (χ3n) is 2.80. The summed E-state index contributed by atoms with van der Waals surface area (Å²) in [5, 5.41) is 3.31. The van der Waals surface area contributed by atoms with E-state index < -0.39 is 0 Å². The van der Waals surface area contributed by atoms with Crippen molar-refractivity contribution in [3.63, 3.8) is 0 Å². The van der Waals surface area contributed by atoms with Crippen molar-refractivity contribution in [2.45, 2.75) is 44.9 Å². The van der Waals surface area contributed by atoms with Crippen molar-refractivity contribution in [1.29, 1.82) is 0 Å². The summed E-state index contributed by atoms with van der Waals surface area (Å²) in [4.78, 5) is 11.1. The Kier molecular flexibility index (Phi) is 7.64. The van der Waals surface area contributed by atoms with Gasteiger partial charge in [0.25, 0.3) is 0 Å². The molecule has 18 heavy (non-hydrogen) atoms. The first kappa shape index (κ1) is 15.1. The maximum atomic E-state index is 11.1. The van der Waals surface area contributed by atoms with E-state index in [1.165, 1.54) is 12.5 Å². The highest BCUT2D eigenvalue weighted by Crippen LogP contribution is 2.09. The van der Waals surface area contributed by atoms with Gasteiger partial charge in [0.05, 0.1) is 6.61 Å². The van der Waals surface area contributed by atoms with Gasteiger partial charge in [0, 0.05) is 18.7 Å². The molecule has 1 saturated heterocycles. The molecule has 1 fully saturated rings. The van der Waals surface area contributed by atoms with Gasteiger partial charge in [-0.2, -0.15) is 0 Å². The Morgan fingerprint density at radius 2 is 2.44 bits per heavy atom. The minimum absolute atomic E-state index is 0.134. The zero-order chi connectivity index (χ0) is 13.2. The second-order valence-corrected chi connectivity index (χ2v) is 4.37. The topological polar surface area (TPSA) is 73.6 Å². The predicted octanol–water partition coefficient (Wildman–Crippen LogP) is 0.939. The van der Waals surface area contributed by atoms with Gasteiger partial charge in [-0.25, -0.2) is 4.79 Å². The maximum absolute atomic E-state index is 11.1. The number of carbonyl (C=O) groups is 1. The highest BCUT2D eigenvalue weighted by atomic mass is 16.5. The monoisotopic (exact) mass is 256 g/mol. The summed E-state index contributed by atoms with van der Waals surface area (Å²) in [7, 11) is 0. The number of carbonyl (C=O) groups excluding carboxylic acids is 1. The van der Waals surface area contributed by atoms with Crippen molar-refractivity contribution >= 4 is 5.97 Å². The van der Waals surface area contributed by atoms with E-state index in [0.717, 1.165) is 32.4 Å². The van der Waals surface area contributed by atoms with Crippen LogP contribution >= 0.6 is 0 Å².